The number of ether oxygens (including phenoxy) is 1. The van der Waals surface area contributed by atoms with E-state index < -0.39 is 5.60 Å². The normalized spacial score (nSPS) is 10.6. The molecule has 0 bridgehead atoms. The van der Waals surface area contributed by atoms with E-state index in [9.17, 15) is 4.79 Å². The molecule has 0 saturated heterocycles. The van der Waals surface area contributed by atoms with Crippen LogP contribution in [0.1, 0.15) is 13.8 Å². The molecule has 0 radical (unpaired) electrons. The van der Waals surface area contributed by atoms with E-state index in [1.54, 1.807) is 20.9 Å². The lowest BCUT2D eigenvalue weighted by Gasteiger charge is -2.26. The number of terminal acetylenes is 1. The Morgan fingerprint density at radius 3 is 2.50 bits per heavy atom. The average molecular weight is 169 g/mol. The van der Waals surface area contributed by atoms with E-state index in [0.717, 1.165) is 0 Å². The lowest BCUT2D eigenvalue weighted by molar-refractivity contribution is -0.148. The van der Waals surface area contributed by atoms with Gasteiger partial charge in [0, 0.05) is 14.2 Å². The van der Waals surface area contributed by atoms with Gasteiger partial charge in [-0.15, -0.1) is 6.42 Å². The second kappa shape index (κ2) is 4.13. The van der Waals surface area contributed by atoms with E-state index in [4.69, 9.17) is 11.2 Å². The van der Waals surface area contributed by atoms with Crippen LogP contribution in [-0.4, -0.2) is 37.1 Å². The van der Waals surface area contributed by atoms with Crippen LogP contribution in [0.25, 0.3) is 0 Å². The molecule has 0 aromatic heterocycles. The van der Waals surface area contributed by atoms with Gasteiger partial charge in [0.2, 0.25) is 0 Å². The quantitative estimate of drug-likeness (QED) is 0.576. The van der Waals surface area contributed by atoms with Crippen LogP contribution in [0.15, 0.2) is 0 Å². The van der Waals surface area contributed by atoms with Gasteiger partial charge in [0.05, 0.1) is 6.54 Å². The predicted octanol–water partition coefficient (Wildman–Crippen LogP) is 0.503. The number of hydrogen-bond acceptors (Lipinski definition) is 2. The van der Waals surface area contributed by atoms with Crippen molar-refractivity contribution in [2.75, 3.05) is 20.7 Å². The smallest absolute Gasteiger partial charge is 0.254 e. The van der Waals surface area contributed by atoms with Gasteiger partial charge in [-0.3, -0.25) is 4.79 Å². The molecule has 0 unspecified atom stereocenters. The monoisotopic (exact) mass is 169 g/mol. The maximum absolute atomic E-state index is 11.5. The van der Waals surface area contributed by atoms with Crippen LogP contribution in [0.2, 0.25) is 0 Å². The molecule has 0 N–H and O–H groups in total. The molecule has 0 heterocycles. The highest BCUT2D eigenvalue weighted by atomic mass is 16.5. The average Bonchev–Trinajstić information content (AvgIpc) is 2.03. The van der Waals surface area contributed by atoms with Crippen molar-refractivity contribution in [2.24, 2.45) is 0 Å². The summed E-state index contributed by atoms with van der Waals surface area (Å²) in [5.41, 5.74) is -0.786. The Morgan fingerprint density at radius 1 is 1.67 bits per heavy atom. The second-order valence-corrected chi connectivity index (χ2v) is 3.08. The summed E-state index contributed by atoms with van der Waals surface area (Å²) in [6, 6.07) is 0. The van der Waals surface area contributed by atoms with Gasteiger partial charge in [-0.1, -0.05) is 5.92 Å². The van der Waals surface area contributed by atoms with Crippen LogP contribution >= 0.6 is 0 Å². The van der Waals surface area contributed by atoms with Crippen molar-refractivity contribution in [1.82, 2.24) is 4.90 Å². The van der Waals surface area contributed by atoms with Crippen molar-refractivity contribution in [2.45, 2.75) is 19.4 Å². The van der Waals surface area contributed by atoms with E-state index in [2.05, 4.69) is 5.92 Å². The summed E-state index contributed by atoms with van der Waals surface area (Å²) >= 11 is 0. The lowest BCUT2D eigenvalue weighted by atomic mass is 10.1. The fourth-order valence-electron chi connectivity index (χ4n) is 0.756. The third kappa shape index (κ3) is 2.55. The van der Waals surface area contributed by atoms with Gasteiger partial charge < -0.3 is 9.64 Å². The third-order valence-electron chi connectivity index (χ3n) is 1.70. The molecule has 68 valence electrons. The molecule has 3 nitrogen and oxygen atoms in total. The van der Waals surface area contributed by atoms with E-state index in [1.807, 2.05) is 0 Å². The number of nitrogens with zero attached hydrogens (tertiary/aromatic N) is 1. The Bertz CT molecular complexity index is 203. The maximum Gasteiger partial charge on any atom is 0.254 e. The molecule has 0 aromatic rings. The fourth-order valence-corrected chi connectivity index (χ4v) is 0.756. The van der Waals surface area contributed by atoms with Gasteiger partial charge in [-0.05, 0) is 13.8 Å². The molecule has 0 aliphatic heterocycles. The Labute approximate surface area is 73.7 Å². The minimum atomic E-state index is -0.786. The molecule has 0 saturated carbocycles. The molecular weight excluding hydrogens is 154 g/mol. The summed E-state index contributed by atoms with van der Waals surface area (Å²) in [7, 11) is 3.16. The molecule has 12 heavy (non-hydrogen) atoms. The highest BCUT2D eigenvalue weighted by molar-refractivity contribution is 5.84. The molecule has 3 heteroatoms. The van der Waals surface area contributed by atoms with Crippen molar-refractivity contribution in [1.29, 1.82) is 0 Å². The molecule has 0 spiro atoms. The summed E-state index contributed by atoms with van der Waals surface area (Å²) in [6.45, 7) is 3.73. The number of carbonyl (C=O) groups excluding carboxylic acids is 1. The van der Waals surface area contributed by atoms with Crippen LogP contribution in [0, 0.1) is 12.3 Å². The summed E-state index contributed by atoms with van der Waals surface area (Å²) in [5, 5.41) is 0. The van der Waals surface area contributed by atoms with Gasteiger partial charge in [0.1, 0.15) is 5.60 Å². The largest absolute Gasteiger partial charge is 0.369 e. The van der Waals surface area contributed by atoms with Crippen molar-refractivity contribution in [3.63, 3.8) is 0 Å². The molecule has 0 fully saturated rings. The topological polar surface area (TPSA) is 29.5 Å². The van der Waals surface area contributed by atoms with Gasteiger partial charge in [0.15, 0.2) is 0 Å². The molecule has 1 amide bonds. The van der Waals surface area contributed by atoms with Crippen LogP contribution in [0.5, 0.6) is 0 Å². The molecule has 0 aliphatic carbocycles. The number of likely N-dealkylation sites (N-methyl/N-ethyl adjacent to an activating group) is 1. The summed E-state index contributed by atoms with van der Waals surface area (Å²) in [5.74, 6) is 2.29. The standard InChI is InChI=1S/C9H15NO2/c1-6-7-10(4)8(11)9(2,3)12-5/h1H,7H2,2-5H3. The molecule has 0 atom stereocenters. The number of carbonyl (C=O) groups is 1. The molecule has 0 aliphatic rings. The zero-order valence-corrected chi connectivity index (χ0v) is 8.05. The Kier molecular flexibility index (Phi) is 3.78. The van der Waals surface area contributed by atoms with E-state index >= 15 is 0 Å². The van der Waals surface area contributed by atoms with Gasteiger partial charge in [0.25, 0.3) is 5.91 Å². The molecule has 0 aromatic carbocycles. The lowest BCUT2D eigenvalue weighted by Crippen LogP contribution is -2.44. The van der Waals surface area contributed by atoms with E-state index in [1.165, 1.54) is 12.0 Å². The van der Waals surface area contributed by atoms with Gasteiger partial charge >= 0.3 is 0 Å². The van der Waals surface area contributed by atoms with Crippen molar-refractivity contribution in [3.05, 3.63) is 0 Å². The third-order valence-corrected chi connectivity index (χ3v) is 1.70. The fraction of sp³-hybridized carbons (Fsp3) is 0.667. The zero-order chi connectivity index (χ0) is 9.78. The Morgan fingerprint density at radius 2 is 2.17 bits per heavy atom. The second-order valence-electron chi connectivity index (χ2n) is 3.08. The first-order valence-corrected chi connectivity index (χ1v) is 3.70. The SMILES string of the molecule is C#CCN(C)C(=O)C(C)(C)OC. The van der Waals surface area contributed by atoms with Crippen molar-refractivity contribution >= 4 is 5.91 Å². The van der Waals surface area contributed by atoms with Gasteiger partial charge in [-0.25, -0.2) is 0 Å². The zero-order valence-electron chi connectivity index (χ0n) is 8.05. The Balaban J connectivity index is 4.30. The first-order chi connectivity index (χ1) is 5.45. The number of amides is 1. The maximum atomic E-state index is 11.5. The number of methoxy groups -OCH3 is 1. The predicted molar refractivity (Wildman–Crippen MR) is 47.6 cm³/mol. The van der Waals surface area contributed by atoms with Gasteiger partial charge in [-0.2, -0.15) is 0 Å². The Hall–Kier alpha value is -1.01. The van der Waals surface area contributed by atoms with Crippen molar-refractivity contribution < 1.29 is 9.53 Å². The first kappa shape index (κ1) is 11.0. The highest BCUT2D eigenvalue weighted by Gasteiger charge is 2.29. The van der Waals surface area contributed by atoms with Crippen LogP contribution in [0.4, 0.5) is 0 Å². The number of rotatable bonds is 3. The summed E-state index contributed by atoms with van der Waals surface area (Å²) in [4.78, 5) is 13.0. The minimum absolute atomic E-state index is 0.108. The molecule has 0 rings (SSSR count). The van der Waals surface area contributed by atoms with Crippen LogP contribution < -0.4 is 0 Å². The van der Waals surface area contributed by atoms with Crippen molar-refractivity contribution in [3.8, 4) is 12.3 Å². The summed E-state index contributed by atoms with van der Waals surface area (Å²) < 4.78 is 5.01. The van der Waals surface area contributed by atoms with Crippen LogP contribution in [-0.2, 0) is 9.53 Å². The van der Waals surface area contributed by atoms with Crippen LogP contribution in [0.3, 0.4) is 0 Å². The van der Waals surface area contributed by atoms with E-state index in [0.29, 0.717) is 6.54 Å². The highest BCUT2D eigenvalue weighted by Crippen LogP contribution is 2.10. The minimum Gasteiger partial charge on any atom is -0.369 e. The first-order valence-electron chi connectivity index (χ1n) is 3.70. The van der Waals surface area contributed by atoms with E-state index in [-0.39, 0.29) is 5.91 Å². The summed E-state index contributed by atoms with van der Waals surface area (Å²) in [6.07, 6.45) is 5.07. The molecular formula is C9H15NO2. The number of hydrogen-bond donors (Lipinski definition) is 0.